The van der Waals surface area contributed by atoms with Gasteiger partial charge in [0, 0.05) is 0 Å². The van der Waals surface area contributed by atoms with Crippen molar-refractivity contribution in [2.24, 2.45) is 0 Å². The van der Waals surface area contributed by atoms with Gasteiger partial charge in [0.2, 0.25) is 0 Å². The molecule has 0 radical (unpaired) electrons. The molecule has 0 saturated heterocycles. The SMILES string of the molecule is CC.CCCc1ccc(C2=CCCCC(C)=C2)cc1. The highest BCUT2D eigenvalue weighted by Crippen LogP contribution is 2.24. The number of allylic oxidation sites excluding steroid dienone is 4. The first kappa shape index (κ1) is 15.8. The van der Waals surface area contributed by atoms with Crippen molar-refractivity contribution < 1.29 is 0 Å². The Balaban J connectivity index is 0.000000861. The fourth-order valence-corrected chi connectivity index (χ4v) is 2.39. The molecule has 0 spiro atoms. The van der Waals surface area contributed by atoms with Crippen LogP contribution in [0.5, 0.6) is 0 Å². The van der Waals surface area contributed by atoms with Gasteiger partial charge >= 0.3 is 0 Å². The van der Waals surface area contributed by atoms with E-state index in [2.05, 4.69) is 50.3 Å². The average molecular weight is 256 g/mol. The molecule has 0 bridgehead atoms. The first-order chi connectivity index (χ1) is 9.29. The van der Waals surface area contributed by atoms with E-state index >= 15 is 0 Å². The largest absolute Gasteiger partial charge is 0.0767 e. The van der Waals surface area contributed by atoms with Gasteiger partial charge in [-0.3, -0.25) is 0 Å². The predicted octanol–water partition coefficient (Wildman–Crippen LogP) is 6.18. The molecule has 2 rings (SSSR count). The van der Waals surface area contributed by atoms with E-state index in [-0.39, 0.29) is 0 Å². The maximum absolute atomic E-state index is 2.38. The standard InChI is InChI=1S/C17H22.C2H6/c1-3-6-15-9-11-16(12-10-15)17-8-5-4-7-14(2)13-17;1-2/h8-13H,3-7H2,1-2H3;1-2H3. The first-order valence-electron chi connectivity index (χ1n) is 7.76. The Hall–Kier alpha value is -1.30. The highest BCUT2D eigenvalue weighted by atomic mass is 14.1. The van der Waals surface area contributed by atoms with Crippen LogP contribution in [0.25, 0.3) is 5.57 Å². The van der Waals surface area contributed by atoms with Gasteiger partial charge in [0.1, 0.15) is 0 Å². The summed E-state index contributed by atoms with van der Waals surface area (Å²) in [6.07, 6.45) is 10.9. The van der Waals surface area contributed by atoms with Crippen LogP contribution < -0.4 is 0 Å². The Morgan fingerprint density at radius 2 is 1.74 bits per heavy atom. The lowest BCUT2D eigenvalue weighted by atomic mass is 10.0. The highest BCUT2D eigenvalue weighted by Gasteiger charge is 2.03. The monoisotopic (exact) mass is 256 g/mol. The lowest BCUT2D eigenvalue weighted by Gasteiger charge is -2.05. The summed E-state index contributed by atoms with van der Waals surface area (Å²) in [5, 5.41) is 0. The molecule has 0 fully saturated rings. The van der Waals surface area contributed by atoms with Crippen molar-refractivity contribution in [2.45, 2.75) is 59.8 Å². The second-order valence-corrected chi connectivity index (χ2v) is 4.99. The summed E-state index contributed by atoms with van der Waals surface area (Å²) in [6, 6.07) is 9.08. The van der Waals surface area contributed by atoms with Crippen LogP contribution in [-0.2, 0) is 6.42 Å². The van der Waals surface area contributed by atoms with Crippen LogP contribution in [0.15, 0.2) is 42.0 Å². The zero-order valence-corrected chi connectivity index (χ0v) is 13.0. The molecular weight excluding hydrogens is 228 g/mol. The lowest BCUT2D eigenvalue weighted by Crippen LogP contribution is -1.86. The molecule has 0 amide bonds. The van der Waals surface area contributed by atoms with Crippen LogP contribution in [0.3, 0.4) is 0 Å². The number of hydrogen-bond donors (Lipinski definition) is 0. The van der Waals surface area contributed by atoms with E-state index in [1.165, 1.54) is 54.4 Å². The Kier molecular flexibility index (Phi) is 7.25. The molecule has 1 aromatic rings. The summed E-state index contributed by atoms with van der Waals surface area (Å²) in [5.74, 6) is 0. The van der Waals surface area contributed by atoms with Crippen LogP contribution in [0.2, 0.25) is 0 Å². The molecule has 0 N–H and O–H groups in total. The smallest absolute Gasteiger partial charge is 0.0187 e. The Morgan fingerprint density at radius 3 is 2.37 bits per heavy atom. The van der Waals surface area contributed by atoms with Crippen LogP contribution in [0.4, 0.5) is 0 Å². The number of rotatable bonds is 3. The third-order valence-electron chi connectivity index (χ3n) is 3.37. The van der Waals surface area contributed by atoms with Gasteiger partial charge in [0.05, 0.1) is 0 Å². The molecule has 1 aliphatic carbocycles. The van der Waals surface area contributed by atoms with Gasteiger partial charge in [-0.15, -0.1) is 0 Å². The van der Waals surface area contributed by atoms with Gasteiger partial charge in [-0.25, -0.2) is 0 Å². The van der Waals surface area contributed by atoms with Crippen LogP contribution in [-0.4, -0.2) is 0 Å². The number of aryl methyl sites for hydroxylation is 1. The zero-order valence-electron chi connectivity index (χ0n) is 13.0. The minimum absolute atomic E-state index is 1.19. The van der Waals surface area contributed by atoms with Crippen molar-refractivity contribution in [3.63, 3.8) is 0 Å². The summed E-state index contributed by atoms with van der Waals surface area (Å²) in [4.78, 5) is 0. The van der Waals surface area contributed by atoms with E-state index in [1.54, 1.807) is 0 Å². The molecule has 0 aliphatic heterocycles. The van der Waals surface area contributed by atoms with Gasteiger partial charge in [0.15, 0.2) is 0 Å². The zero-order chi connectivity index (χ0) is 14.1. The maximum atomic E-state index is 2.38. The third kappa shape index (κ3) is 5.06. The molecule has 0 atom stereocenters. The Bertz CT molecular complexity index is 418. The van der Waals surface area contributed by atoms with Crippen LogP contribution >= 0.6 is 0 Å². The van der Waals surface area contributed by atoms with Crippen molar-refractivity contribution in [1.82, 2.24) is 0 Å². The van der Waals surface area contributed by atoms with Crippen molar-refractivity contribution >= 4 is 5.57 Å². The molecule has 104 valence electrons. The third-order valence-corrected chi connectivity index (χ3v) is 3.37. The van der Waals surface area contributed by atoms with E-state index in [1.807, 2.05) is 13.8 Å². The lowest BCUT2D eigenvalue weighted by molar-refractivity contribution is 0.841. The van der Waals surface area contributed by atoms with Crippen molar-refractivity contribution in [1.29, 1.82) is 0 Å². The van der Waals surface area contributed by atoms with E-state index in [9.17, 15) is 0 Å². The highest BCUT2D eigenvalue weighted by molar-refractivity contribution is 5.75. The predicted molar refractivity (Wildman–Crippen MR) is 87.4 cm³/mol. The Morgan fingerprint density at radius 1 is 1.05 bits per heavy atom. The first-order valence-corrected chi connectivity index (χ1v) is 7.76. The van der Waals surface area contributed by atoms with Crippen molar-refractivity contribution in [3.05, 3.63) is 53.1 Å². The molecule has 0 nitrogen and oxygen atoms in total. The summed E-state index contributed by atoms with van der Waals surface area (Å²) in [7, 11) is 0. The molecule has 0 heteroatoms. The van der Waals surface area contributed by atoms with E-state index in [0.717, 1.165) is 0 Å². The summed E-state index contributed by atoms with van der Waals surface area (Å²) in [5.41, 5.74) is 5.73. The molecule has 1 aliphatic rings. The van der Waals surface area contributed by atoms with Gasteiger partial charge < -0.3 is 0 Å². The van der Waals surface area contributed by atoms with E-state index in [0.29, 0.717) is 0 Å². The quantitative estimate of drug-likeness (QED) is 0.606. The molecule has 19 heavy (non-hydrogen) atoms. The number of benzene rings is 1. The van der Waals surface area contributed by atoms with Crippen molar-refractivity contribution in [3.8, 4) is 0 Å². The molecule has 0 unspecified atom stereocenters. The van der Waals surface area contributed by atoms with E-state index in [4.69, 9.17) is 0 Å². The fourth-order valence-electron chi connectivity index (χ4n) is 2.39. The topological polar surface area (TPSA) is 0 Å². The normalized spacial score (nSPS) is 14.7. The summed E-state index contributed by atoms with van der Waals surface area (Å²) >= 11 is 0. The van der Waals surface area contributed by atoms with Gasteiger partial charge in [-0.2, -0.15) is 0 Å². The second kappa shape index (κ2) is 8.74. The van der Waals surface area contributed by atoms with Crippen molar-refractivity contribution in [2.75, 3.05) is 0 Å². The van der Waals surface area contributed by atoms with Gasteiger partial charge in [-0.1, -0.05) is 69.2 Å². The summed E-state index contributed by atoms with van der Waals surface area (Å²) in [6.45, 7) is 8.47. The number of hydrogen-bond acceptors (Lipinski definition) is 0. The second-order valence-electron chi connectivity index (χ2n) is 4.99. The molecular formula is C19H28. The molecule has 1 aromatic carbocycles. The van der Waals surface area contributed by atoms with Gasteiger partial charge in [0.25, 0.3) is 0 Å². The minimum Gasteiger partial charge on any atom is -0.0767 e. The van der Waals surface area contributed by atoms with Gasteiger partial charge in [-0.05, 0) is 49.3 Å². The molecule has 0 saturated carbocycles. The average Bonchev–Trinajstić information content (AvgIpc) is 2.67. The maximum Gasteiger partial charge on any atom is -0.0187 e. The summed E-state index contributed by atoms with van der Waals surface area (Å²) < 4.78 is 0. The van der Waals surface area contributed by atoms with E-state index < -0.39 is 0 Å². The van der Waals surface area contributed by atoms with Crippen LogP contribution in [0.1, 0.15) is 64.5 Å². The molecule has 0 aromatic heterocycles. The fraction of sp³-hybridized carbons (Fsp3) is 0.474. The Labute approximate surface area is 119 Å². The molecule has 0 heterocycles. The van der Waals surface area contributed by atoms with Crippen LogP contribution in [0, 0.1) is 0 Å². The minimum atomic E-state index is 1.19.